The van der Waals surface area contributed by atoms with E-state index in [1.165, 1.54) is 24.3 Å². The van der Waals surface area contributed by atoms with Crippen LogP contribution in [0.5, 0.6) is 0 Å². The Bertz CT molecular complexity index is 779. The molecule has 0 spiro atoms. The number of nitrogens with one attached hydrogen (secondary N) is 2. The minimum Gasteiger partial charge on any atom is -0.348 e. The highest BCUT2D eigenvalue weighted by Crippen LogP contribution is 2.13. The number of aromatic nitrogens is 1. The van der Waals surface area contributed by atoms with Crippen LogP contribution in [0.15, 0.2) is 48.8 Å². The molecule has 1 aromatic heterocycles. The van der Waals surface area contributed by atoms with Crippen LogP contribution in [0.3, 0.4) is 0 Å². The van der Waals surface area contributed by atoms with Crippen molar-refractivity contribution in [3.8, 4) is 0 Å². The molecule has 0 aliphatic rings. The zero-order valence-electron chi connectivity index (χ0n) is 13.8. The van der Waals surface area contributed by atoms with Crippen molar-refractivity contribution in [3.05, 3.63) is 70.0 Å². The van der Waals surface area contributed by atoms with E-state index >= 15 is 0 Å². The van der Waals surface area contributed by atoms with Gasteiger partial charge in [0.25, 0.3) is 11.6 Å². The van der Waals surface area contributed by atoms with E-state index in [1.54, 1.807) is 31.5 Å². The molecule has 1 heterocycles. The molecule has 8 heteroatoms. The number of carbonyl (C=O) groups is 2. The Balaban J connectivity index is 1.97. The summed E-state index contributed by atoms with van der Waals surface area (Å²) in [7, 11) is 0. The standard InChI is InChI=1S/C17H18N4O4/c1-11(13-6-8-18-9-7-13)19-16(22)12(2)20-17(23)14-4-3-5-15(10-14)21(24)25/h3-12H,1-2H3,(H,19,22)(H,20,23). The normalized spacial score (nSPS) is 12.7. The summed E-state index contributed by atoms with van der Waals surface area (Å²) in [5.41, 5.74) is 0.827. The summed E-state index contributed by atoms with van der Waals surface area (Å²) in [5.74, 6) is -0.911. The number of rotatable bonds is 6. The molecule has 2 amide bonds. The van der Waals surface area contributed by atoms with Crippen LogP contribution in [0.1, 0.15) is 35.8 Å². The third-order valence-electron chi connectivity index (χ3n) is 3.62. The van der Waals surface area contributed by atoms with Crippen LogP contribution in [0.2, 0.25) is 0 Å². The topological polar surface area (TPSA) is 114 Å². The molecule has 2 atom stereocenters. The number of carbonyl (C=O) groups excluding carboxylic acids is 2. The second kappa shape index (κ2) is 8.00. The Morgan fingerprint density at radius 1 is 1.12 bits per heavy atom. The lowest BCUT2D eigenvalue weighted by Crippen LogP contribution is -2.45. The van der Waals surface area contributed by atoms with E-state index in [4.69, 9.17) is 0 Å². The molecule has 0 saturated heterocycles. The van der Waals surface area contributed by atoms with Gasteiger partial charge in [-0.1, -0.05) is 6.07 Å². The smallest absolute Gasteiger partial charge is 0.270 e. The van der Waals surface area contributed by atoms with E-state index in [2.05, 4.69) is 15.6 Å². The number of non-ortho nitro benzene ring substituents is 1. The highest BCUT2D eigenvalue weighted by atomic mass is 16.6. The van der Waals surface area contributed by atoms with Crippen molar-refractivity contribution in [1.29, 1.82) is 0 Å². The van der Waals surface area contributed by atoms with Gasteiger partial charge in [-0.05, 0) is 37.6 Å². The Kier molecular flexibility index (Phi) is 5.78. The molecule has 0 radical (unpaired) electrons. The molecule has 2 unspecified atom stereocenters. The highest BCUT2D eigenvalue weighted by molar-refractivity contribution is 5.97. The Morgan fingerprint density at radius 3 is 2.44 bits per heavy atom. The first kappa shape index (κ1) is 18.1. The van der Waals surface area contributed by atoms with Crippen molar-refractivity contribution >= 4 is 17.5 Å². The van der Waals surface area contributed by atoms with Crippen molar-refractivity contribution < 1.29 is 14.5 Å². The first-order valence-corrected chi connectivity index (χ1v) is 7.64. The second-order valence-electron chi connectivity index (χ2n) is 5.51. The predicted octanol–water partition coefficient (Wildman–Crippen LogP) is 1.99. The summed E-state index contributed by atoms with van der Waals surface area (Å²) in [5, 5.41) is 16.1. The molecule has 0 aliphatic carbocycles. The number of nitro benzene ring substituents is 1. The molecule has 130 valence electrons. The van der Waals surface area contributed by atoms with E-state index in [1.807, 2.05) is 6.92 Å². The van der Waals surface area contributed by atoms with Gasteiger partial charge in [0.05, 0.1) is 11.0 Å². The predicted molar refractivity (Wildman–Crippen MR) is 90.8 cm³/mol. The van der Waals surface area contributed by atoms with Gasteiger partial charge in [0.1, 0.15) is 6.04 Å². The van der Waals surface area contributed by atoms with Crippen molar-refractivity contribution in [2.24, 2.45) is 0 Å². The maximum Gasteiger partial charge on any atom is 0.270 e. The Morgan fingerprint density at radius 2 is 1.80 bits per heavy atom. The molecular weight excluding hydrogens is 324 g/mol. The molecule has 0 bridgehead atoms. The summed E-state index contributed by atoms with van der Waals surface area (Å²) in [4.78, 5) is 38.5. The first-order chi connectivity index (χ1) is 11.9. The second-order valence-corrected chi connectivity index (χ2v) is 5.51. The zero-order chi connectivity index (χ0) is 18.4. The van der Waals surface area contributed by atoms with Crippen molar-refractivity contribution in [3.63, 3.8) is 0 Å². The number of hydrogen-bond donors (Lipinski definition) is 2. The monoisotopic (exact) mass is 342 g/mol. The number of hydrogen-bond acceptors (Lipinski definition) is 5. The lowest BCUT2D eigenvalue weighted by Gasteiger charge is -2.18. The van der Waals surface area contributed by atoms with Gasteiger partial charge in [0.15, 0.2) is 0 Å². The molecule has 2 rings (SSSR count). The third-order valence-corrected chi connectivity index (χ3v) is 3.62. The number of nitro groups is 1. The van der Waals surface area contributed by atoms with E-state index in [0.29, 0.717) is 0 Å². The van der Waals surface area contributed by atoms with Gasteiger partial charge in [-0.25, -0.2) is 0 Å². The van der Waals surface area contributed by atoms with E-state index in [-0.39, 0.29) is 23.2 Å². The molecule has 8 nitrogen and oxygen atoms in total. The van der Waals surface area contributed by atoms with Crippen LogP contribution in [0.25, 0.3) is 0 Å². The number of nitrogens with zero attached hydrogens (tertiary/aromatic N) is 2. The van der Waals surface area contributed by atoms with Gasteiger partial charge < -0.3 is 10.6 Å². The summed E-state index contributed by atoms with van der Waals surface area (Å²) in [6.07, 6.45) is 3.26. The van der Waals surface area contributed by atoms with Gasteiger partial charge in [0, 0.05) is 30.1 Å². The first-order valence-electron chi connectivity index (χ1n) is 7.64. The average molecular weight is 342 g/mol. The zero-order valence-corrected chi connectivity index (χ0v) is 13.8. The third kappa shape index (κ3) is 4.84. The van der Waals surface area contributed by atoms with Gasteiger partial charge in [-0.15, -0.1) is 0 Å². The van der Waals surface area contributed by atoms with Gasteiger partial charge in [0.2, 0.25) is 5.91 Å². The Labute approximate surface area is 144 Å². The van der Waals surface area contributed by atoms with E-state index in [0.717, 1.165) is 5.56 Å². The largest absolute Gasteiger partial charge is 0.348 e. The van der Waals surface area contributed by atoms with Gasteiger partial charge in [-0.3, -0.25) is 24.7 Å². The van der Waals surface area contributed by atoms with Crippen LogP contribution in [-0.2, 0) is 4.79 Å². The highest BCUT2D eigenvalue weighted by Gasteiger charge is 2.19. The molecule has 0 saturated carbocycles. The maximum absolute atomic E-state index is 12.2. The van der Waals surface area contributed by atoms with Gasteiger partial charge in [-0.2, -0.15) is 0 Å². The summed E-state index contributed by atoms with van der Waals surface area (Å²) in [6, 6.07) is 7.87. The fraction of sp³-hybridized carbons (Fsp3) is 0.235. The average Bonchev–Trinajstić information content (AvgIpc) is 2.62. The molecular formula is C17H18N4O4. The Hall–Kier alpha value is -3.29. The minimum atomic E-state index is -0.795. The van der Waals surface area contributed by atoms with Crippen LogP contribution in [0, 0.1) is 10.1 Å². The lowest BCUT2D eigenvalue weighted by molar-refractivity contribution is -0.384. The van der Waals surface area contributed by atoms with Gasteiger partial charge >= 0.3 is 0 Å². The van der Waals surface area contributed by atoms with E-state index < -0.39 is 16.9 Å². The van der Waals surface area contributed by atoms with Crippen LogP contribution >= 0.6 is 0 Å². The van der Waals surface area contributed by atoms with Crippen molar-refractivity contribution in [2.75, 3.05) is 0 Å². The van der Waals surface area contributed by atoms with Crippen molar-refractivity contribution in [1.82, 2.24) is 15.6 Å². The van der Waals surface area contributed by atoms with Crippen molar-refractivity contribution in [2.45, 2.75) is 25.9 Å². The lowest BCUT2D eigenvalue weighted by atomic mass is 10.1. The number of amides is 2. The summed E-state index contributed by atoms with van der Waals surface area (Å²) >= 11 is 0. The summed E-state index contributed by atoms with van der Waals surface area (Å²) < 4.78 is 0. The SMILES string of the molecule is CC(NC(=O)c1cccc([N+](=O)[O-])c1)C(=O)NC(C)c1ccncc1. The molecule has 1 aromatic carbocycles. The number of benzene rings is 1. The number of pyridine rings is 1. The minimum absolute atomic E-state index is 0.121. The summed E-state index contributed by atoms with van der Waals surface area (Å²) in [6.45, 7) is 3.37. The molecule has 0 fully saturated rings. The molecule has 25 heavy (non-hydrogen) atoms. The quantitative estimate of drug-likeness (QED) is 0.615. The van der Waals surface area contributed by atoms with Crippen LogP contribution in [0.4, 0.5) is 5.69 Å². The maximum atomic E-state index is 12.2. The van der Waals surface area contributed by atoms with E-state index in [9.17, 15) is 19.7 Å². The fourth-order valence-electron chi connectivity index (χ4n) is 2.18. The fourth-order valence-corrected chi connectivity index (χ4v) is 2.18. The van der Waals surface area contributed by atoms with Crippen LogP contribution < -0.4 is 10.6 Å². The molecule has 0 aliphatic heterocycles. The molecule has 2 N–H and O–H groups in total. The molecule has 2 aromatic rings. The van der Waals surface area contributed by atoms with Crippen LogP contribution in [-0.4, -0.2) is 27.8 Å².